The second kappa shape index (κ2) is 8.17. The molecular weight excluding hydrogens is 340 g/mol. The van der Waals surface area contributed by atoms with Crippen LogP contribution in [0, 0.1) is 0 Å². The molecule has 2 rings (SSSR count). The van der Waals surface area contributed by atoms with Gasteiger partial charge in [-0.3, -0.25) is 9.36 Å². The third-order valence-corrected chi connectivity index (χ3v) is 3.96. The number of anilines is 1. The fraction of sp³-hybridized carbons (Fsp3) is 0.625. The number of nitrogens with zero attached hydrogens (tertiary/aromatic N) is 3. The molecule has 2 heterocycles. The van der Waals surface area contributed by atoms with Gasteiger partial charge >= 0.3 is 17.7 Å². The second-order valence-electron chi connectivity index (χ2n) is 6.42. The predicted octanol–water partition coefficient (Wildman–Crippen LogP) is 0.422. The average molecular weight is 366 g/mol. The first kappa shape index (κ1) is 19.7. The number of hydrogen-bond donors (Lipinski definition) is 3. The maximum absolute atomic E-state index is 12.2. The second-order valence-corrected chi connectivity index (χ2v) is 6.42. The van der Waals surface area contributed by atoms with Gasteiger partial charge < -0.3 is 25.5 Å². The van der Waals surface area contributed by atoms with Crippen LogP contribution in [0.4, 0.5) is 5.82 Å². The predicted molar refractivity (Wildman–Crippen MR) is 97.1 cm³/mol. The van der Waals surface area contributed by atoms with E-state index in [4.69, 9.17) is 15.2 Å². The van der Waals surface area contributed by atoms with E-state index in [9.17, 15) is 9.59 Å². The van der Waals surface area contributed by atoms with Gasteiger partial charge in [-0.15, -0.1) is 0 Å². The molecule has 10 nitrogen and oxygen atoms in total. The maximum atomic E-state index is 12.2. The quantitative estimate of drug-likeness (QED) is 0.429. The molecule has 0 aliphatic rings. The molecule has 0 aliphatic heterocycles. The Labute approximate surface area is 151 Å². The lowest BCUT2D eigenvalue weighted by Gasteiger charge is -2.23. The number of nitrogens with two attached hydrogens (primary N) is 1. The molecule has 0 atom stereocenters. The number of aromatic nitrogens is 4. The molecule has 0 unspecified atom stereocenters. The van der Waals surface area contributed by atoms with E-state index >= 15 is 0 Å². The summed E-state index contributed by atoms with van der Waals surface area (Å²) in [5.74, 6) is -0.234. The zero-order chi connectivity index (χ0) is 19.3. The summed E-state index contributed by atoms with van der Waals surface area (Å²) in [7, 11) is 1.33. The molecule has 0 radical (unpaired) electrons. The number of unbranched alkanes of at least 4 members (excludes halogenated alkanes) is 1. The smallest absolute Gasteiger partial charge is 0.327 e. The highest BCUT2D eigenvalue weighted by Crippen LogP contribution is 2.17. The highest BCUT2D eigenvalue weighted by molar-refractivity contribution is 5.82. The van der Waals surface area contributed by atoms with Gasteiger partial charge in [0.15, 0.2) is 11.5 Å². The molecular formula is C16H26N6O4. The number of methoxy groups -OCH3 is 1. The van der Waals surface area contributed by atoms with Gasteiger partial charge in [0.1, 0.15) is 11.1 Å². The molecule has 10 heteroatoms. The fourth-order valence-electron chi connectivity index (χ4n) is 2.42. The van der Waals surface area contributed by atoms with Gasteiger partial charge in [-0.1, -0.05) is 13.3 Å². The molecule has 0 aromatic carbocycles. The lowest BCUT2D eigenvalue weighted by Crippen LogP contribution is -2.48. The van der Waals surface area contributed by atoms with E-state index in [1.165, 1.54) is 11.7 Å². The van der Waals surface area contributed by atoms with Crippen molar-refractivity contribution in [3.8, 4) is 6.01 Å². The van der Waals surface area contributed by atoms with Gasteiger partial charge in [-0.05, 0) is 20.3 Å². The molecule has 0 amide bonds. The minimum atomic E-state index is -0.868. The minimum absolute atomic E-state index is 0.138. The molecule has 4 N–H and O–H groups in total. The molecule has 26 heavy (non-hydrogen) atoms. The third kappa shape index (κ3) is 4.31. The monoisotopic (exact) mass is 366 g/mol. The molecule has 0 saturated heterocycles. The Bertz CT molecular complexity index is 826. The molecule has 144 valence electrons. The van der Waals surface area contributed by atoms with Crippen molar-refractivity contribution in [2.24, 2.45) is 0 Å². The van der Waals surface area contributed by atoms with E-state index in [1.54, 1.807) is 13.8 Å². The molecule has 0 aliphatic carbocycles. The van der Waals surface area contributed by atoms with Crippen molar-refractivity contribution in [3.63, 3.8) is 0 Å². The first-order valence-corrected chi connectivity index (χ1v) is 8.52. The van der Waals surface area contributed by atoms with Crippen LogP contribution in [0.25, 0.3) is 11.2 Å². The first-order chi connectivity index (χ1) is 12.3. The van der Waals surface area contributed by atoms with Crippen LogP contribution in [-0.4, -0.2) is 51.3 Å². The number of hydrogen-bond acceptors (Lipinski definition) is 8. The third-order valence-electron chi connectivity index (χ3n) is 3.96. The van der Waals surface area contributed by atoms with E-state index in [0.29, 0.717) is 24.3 Å². The van der Waals surface area contributed by atoms with E-state index in [1.807, 2.05) is 0 Å². The summed E-state index contributed by atoms with van der Waals surface area (Å²) in [5, 5.41) is 3.06. The van der Waals surface area contributed by atoms with Crippen molar-refractivity contribution in [2.75, 3.05) is 26.0 Å². The number of esters is 1. The van der Waals surface area contributed by atoms with Crippen LogP contribution in [0.5, 0.6) is 6.01 Å². The van der Waals surface area contributed by atoms with Crippen LogP contribution in [0.2, 0.25) is 0 Å². The van der Waals surface area contributed by atoms with Crippen molar-refractivity contribution in [1.82, 2.24) is 24.8 Å². The molecule has 2 aromatic rings. The van der Waals surface area contributed by atoms with Crippen molar-refractivity contribution in [1.29, 1.82) is 0 Å². The van der Waals surface area contributed by atoms with Gasteiger partial charge in [0.25, 0.3) is 0 Å². The highest BCUT2D eigenvalue weighted by atomic mass is 16.5. The van der Waals surface area contributed by atoms with Crippen LogP contribution in [0.3, 0.4) is 0 Å². The topological polar surface area (TPSA) is 137 Å². The average Bonchev–Trinajstić information content (AvgIpc) is 2.91. The van der Waals surface area contributed by atoms with E-state index in [-0.39, 0.29) is 30.0 Å². The summed E-state index contributed by atoms with van der Waals surface area (Å²) < 4.78 is 11.7. The summed E-state index contributed by atoms with van der Waals surface area (Å²) in [6, 6.07) is 0.138. The summed E-state index contributed by atoms with van der Waals surface area (Å²) in [4.78, 5) is 35.0. The van der Waals surface area contributed by atoms with Gasteiger partial charge in [0.2, 0.25) is 0 Å². The Kier molecular flexibility index (Phi) is 6.19. The van der Waals surface area contributed by atoms with Crippen LogP contribution in [0.15, 0.2) is 4.79 Å². The van der Waals surface area contributed by atoms with E-state index in [0.717, 1.165) is 12.8 Å². The van der Waals surface area contributed by atoms with Gasteiger partial charge in [-0.2, -0.15) is 9.97 Å². The summed E-state index contributed by atoms with van der Waals surface area (Å²) in [5.41, 5.74) is 5.42. The van der Waals surface area contributed by atoms with Gasteiger partial charge in [-0.25, -0.2) is 4.79 Å². The number of ether oxygens (including phenoxy) is 2. The number of imidazole rings is 1. The van der Waals surface area contributed by atoms with E-state index in [2.05, 4.69) is 27.2 Å². The summed E-state index contributed by atoms with van der Waals surface area (Å²) in [6.07, 6.45) is 1.85. The van der Waals surface area contributed by atoms with Crippen LogP contribution in [0.1, 0.15) is 33.6 Å². The standard InChI is InChI=1S/C16H26N6O4/c1-5-6-9-26-14-20-11(17)10-12(21-14)22(15(24)19-10)8-7-18-16(2,3)13(23)25-4/h18H,5-9H2,1-4H3,(H,19,24)(H2,17,20,21). The summed E-state index contributed by atoms with van der Waals surface area (Å²) >= 11 is 0. The minimum Gasteiger partial charge on any atom is -0.468 e. The van der Waals surface area contributed by atoms with Gasteiger partial charge in [0, 0.05) is 13.1 Å². The van der Waals surface area contributed by atoms with Gasteiger partial charge in [0.05, 0.1) is 13.7 Å². The number of nitrogens with one attached hydrogen (secondary N) is 2. The van der Waals surface area contributed by atoms with Crippen molar-refractivity contribution < 1.29 is 14.3 Å². The lowest BCUT2D eigenvalue weighted by atomic mass is 10.1. The first-order valence-electron chi connectivity index (χ1n) is 8.52. The van der Waals surface area contributed by atoms with Crippen LogP contribution < -0.4 is 21.5 Å². The SMILES string of the molecule is CCCCOc1nc(N)c2[nH]c(=O)n(CCNC(C)(C)C(=O)OC)c2n1. The molecule has 0 spiro atoms. The number of fused-ring (bicyclic) bond motifs is 1. The Hall–Kier alpha value is -2.62. The number of rotatable bonds is 9. The van der Waals surface area contributed by atoms with E-state index < -0.39 is 5.54 Å². The molecule has 0 fully saturated rings. The molecule has 0 bridgehead atoms. The fourth-order valence-corrected chi connectivity index (χ4v) is 2.42. The largest absolute Gasteiger partial charge is 0.468 e. The Balaban J connectivity index is 2.20. The van der Waals surface area contributed by atoms with Crippen LogP contribution >= 0.6 is 0 Å². The van der Waals surface area contributed by atoms with Crippen molar-refractivity contribution in [3.05, 3.63) is 10.5 Å². The highest BCUT2D eigenvalue weighted by Gasteiger charge is 2.27. The molecule has 0 saturated carbocycles. The Morgan fingerprint density at radius 3 is 2.77 bits per heavy atom. The lowest BCUT2D eigenvalue weighted by molar-refractivity contribution is -0.147. The number of carbonyl (C=O) groups is 1. The van der Waals surface area contributed by atoms with Crippen molar-refractivity contribution in [2.45, 2.75) is 45.7 Å². The maximum Gasteiger partial charge on any atom is 0.327 e. The normalized spacial score (nSPS) is 11.7. The number of carbonyl (C=O) groups excluding carboxylic acids is 1. The Morgan fingerprint density at radius 2 is 2.12 bits per heavy atom. The van der Waals surface area contributed by atoms with Crippen LogP contribution in [-0.2, 0) is 16.1 Å². The molecule has 2 aromatic heterocycles. The number of aromatic amines is 1. The van der Waals surface area contributed by atoms with Crippen molar-refractivity contribution >= 4 is 23.0 Å². The summed E-state index contributed by atoms with van der Waals surface area (Å²) in [6.45, 7) is 6.57. The zero-order valence-electron chi connectivity index (χ0n) is 15.6. The number of H-pyrrole nitrogens is 1. The Morgan fingerprint density at radius 1 is 1.38 bits per heavy atom. The number of nitrogen functional groups attached to an aromatic ring is 1. The zero-order valence-corrected chi connectivity index (χ0v) is 15.6.